The van der Waals surface area contributed by atoms with Gasteiger partial charge < -0.3 is 18.3 Å². The van der Waals surface area contributed by atoms with Gasteiger partial charge in [0.05, 0.1) is 43.0 Å². The van der Waals surface area contributed by atoms with Gasteiger partial charge in [-0.05, 0) is 119 Å². The molecule has 124 heavy (non-hydrogen) atoms. The Morgan fingerprint density at radius 1 is 0.298 bits per heavy atom. The van der Waals surface area contributed by atoms with Gasteiger partial charge in [0.15, 0.2) is 6.39 Å². The van der Waals surface area contributed by atoms with Crippen molar-refractivity contribution in [1.29, 1.82) is 0 Å². The highest BCUT2D eigenvalue weighted by Crippen LogP contribution is 2.08. The minimum atomic E-state index is 0.500. The maximum atomic E-state index is 4.58. The highest BCUT2D eigenvalue weighted by atomic mass is 32.1. The van der Waals surface area contributed by atoms with Crippen LogP contribution in [0.2, 0.25) is 0 Å². The van der Waals surface area contributed by atoms with Crippen LogP contribution in [-0.4, -0.2) is 99.3 Å². The van der Waals surface area contributed by atoms with Crippen LogP contribution >= 0.6 is 22.9 Å². The van der Waals surface area contributed by atoms with Crippen molar-refractivity contribution in [3.8, 4) is 0 Å². The van der Waals surface area contributed by atoms with Crippen LogP contribution in [0.4, 0.5) is 0 Å². The first kappa shape index (κ1) is 174. The fourth-order valence-electron chi connectivity index (χ4n) is 2.22. The Balaban J connectivity index is -0.0000000435. The van der Waals surface area contributed by atoms with Crippen LogP contribution in [-0.2, 0) is 0 Å². The summed E-state index contributed by atoms with van der Waals surface area (Å²) in [7, 11) is 0. The molecule has 0 aromatic carbocycles. The Kier molecular flexibility index (Phi) is 290. The van der Waals surface area contributed by atoms with E-state index in [0.717, 1.165) is 59.2 Å². The summed E-state index contributed by atoms with van der Waals surface area (Å²) in [6.07, 6.45) is 37.0. The average Bonchev–Trinajstić information content (AvgIpc) is 2.02. The summed E-state index contributed by atoms with van der Waals surface area (Å²) in [6.45, 7) is 118. The summed E-state index contributed by atoms with van der Waals surface area (Å²) in [5, 5.41) is 33.4. The molecule has 1 aliphatic rings. The lowest BCUT2D eigenvalue weighted by atomic mass is 10.0. The van der Waals surface area contributed by atoms with Crippen LogP contribution in [0.5, 0.6) is 0 Å². The predicted molar refractivity (Wildman–Crippen MR) is 568 cm³/mol. The number of aliphatic imine (C=N–C) groups is 2. The lowest BCUT2D eigenvalue weighted by Gasteiger charge is -2.05. The van der Waals surface area contributed by atoms with E-state index in [1.165, 1.54) is 55.6 Å². The van der Waals surface area contributed by atoms with Gasteiger partial charge in [-0.2, -0.15) is 25.5 Å². The van der Waals surface area contributed by atoms with Gasteiger partial charge in [0.25, 0.3) is 0 Å². The Hall–Kier alpha value is -8.05. The van der Waals surface area contributed by atoms with Crippen molar-refractivity contribution in [2.24, 2.45) is 74.6 Å². The summed E-state index contributed by atoms with van der Waals surface area (Å²) in [6, 6.07) is 12.8. The van der Waals surface area contributed by atoms with E-state index in [9.17, 15) is 0 Å². The number of aromatic amines is 3. The number of imidazole rings is 1. The van der Waals surface area contributed by atoms with Gasteiger partial charge >= 0.3 is 0 Å². The zero-order chi connectivity index (χ0) is 103. The van der Waals surface area contributed by atoms with E-state index in [2.05, 4.69) is 339 Å². The molecule has 0 radical (unpaired) electrons. The molecule has 23 heteroatoms. The zero-order valence-electron chi connectivity index (χ0n) is 92.3. The number of aromatic nitrogens is 16. The second-order valence-corrected chi connectivity index (χ2v) is 30.0. The minimum Gasteiger partial charge on any atom is -0.473 e. The van der Waals surface area contributed by atoms with Gasteiger partial charge in [0.2, 0.25) is 0 Å². The van der Waals surface area contributed by atoms with E-state index >= 15 is 0 Å². The first-order valence-electron chi connectivity index (χ1n) is 46.0. The molecule has 11 heterocycles. The van der Waals surface area contributed by atoms with E-state index < -0.39 is 0 Å². The highest BCUT2D eigenvalue weighted by Gasteiger charge is 1.95. The highest BCUT2D eigenvalue weighted by molar-refractivity contribution is 7.07. The van der Waals surface area contributed by atoms with Crippen LogP contribution in [0.25, 0.3) is 0 Å². The number of furan rings is 1. The predicted octanol–water partition coefficient (Wildman–Crippen LogP) is 36.0. The molecule has 740 valence electrons. The van der Waals surface area contributed by atoms with Crippen molar-refractivity contribution in [1.82, 2.24) is 80.2 Å². The normalized spacial score (nSPS) is 7.98. The minimum absolute atomic E-state index is 0.500. The molecule has 0 amide bonds. The van der Waals surface area contributed by atoms with Crippen molar-refractivity contribution >= 4 is 35.3 Å². The summed E-state index contributed by atoms with van der Waals surface area (Å²) >= 11 is 3.06. The fourth-order valence-corrected chi connectivity index (χ4v) is 2.92. The number of rotatable bonds is 0. The second-order valence-electron chi connectivity index (χ2n) is 28.5. The van der Waals surface area contributed by atoms with Gasteiger partial charge in [-0.15, -0.1) is 16.4 Å². The molecule has 0 bridgehead atoms. The molecule has 0 unspecified atom stereocenters. The van der Waals surface area contributed by atoms with E-state index in [0.29, 0.717) is 12.1 Å². The molecule has 0 spiro atoms. The summed E-state index contributed by atoms with van der Waals surface area (Å²) < 4.78 is 17.2. The van der Waals surface area contributed by atoms with Crippen LogP contribution in [0.1, 0.15) is 388 Å². The molecule has 0 saturated heterocycles. The fraction of sp³-hybridized carbons (Fsp3) is 0.673. The number of hydrogen-bond donors (Lipinski definition) is 3. The first-order valence-corrected chi connectivity index (χ1v) is 47.8. The topological polar surface area (TPSA) is 279 Å². The van der Waals surface area contributed by atoms with E-state index in [4.69, 9.17) is 0 Å². The first-order chi connectivity index (χ1) is 58.8. The zero-order valence-corrected chi connectivity index (χ0v) is 93.9. The third-order valence-corrected chi connectivity index (χ3v) is 5.33. The van der Waals surface area contributed by atoms with Crippen LogP contribution in [0.15, 0.2) is 213 Å². The smallest absolute Gasteiger partial charge is 0.180 e. The van der Waals surface area contributed by atoms with Crippen molar-refractivity contribution in [2.45, 2.75) is 388 Å². The molecule has 10 aromatic heterocycles. The van der Waals surface area contributed by atoms with E-state index in [-0.39, 0.29) is 0 Å². The van der Waals surface area contributed by atoms with Gasteiger partial charge in [0, 0.05) is 79.0 Å². The molecular weight excluding hydrogens is 1580 g/mol. The SMILES string of the molecule is C1=NCN=C1.CC.CC.CC.CC.CC.CC.CC.CC.CC.CC.CC.CC(C)(C)C.CC(C)C.CC(C)C.CC(C)C.CC(C)C.CC(C)C.CC(C)C.CC(C)C.CC(C)C.CC(C)C.CC(C)C.c1c[nH]cn1.c1ccnnc1.c1ccoc1.c1cn[nH]c1.c1cnncn1.c1cnoc1.c1cnsc1.c1cocn1.c1cscn1.c1nc[nH]n1. The van der Waals surface area contributed by atoms with Crippen LogP contribution in [0, 0.1) is 64.6 Å². The molecule has 0 atom stereocenters. The molecule has 11 rings (SSSR count). The van der Waals surface area contributed by atoms with Crippen molar-refractivity contribution in [2.75, 3.05) is 6.67 Å². The van der Waals surface area contributed by atoms with Gasteiger partial charge in [-0.1, -0.05) is 393 Å². The maximum Gasteiger partial charge on any atom is 0.180 e. The van der Waals surface area contributed by atoms with Crippen LogP contribution in [0.3, 0.4) is 0 Å². The number of nitrogens with zero attached hydrogens (tertiary/aromatic N) is 15. The number of nitrogens with one attached hydrogen (secondary N) is 3. The molecule has 3 N–H and O–H groups in total. The molecule has 10 aromatic rings. The number of thiazole rings is 1. The molecule has 0 aliphatic carbocycles. The van der Waals surface area contributed by atoms with Crippen LogP contribution < -0.4 is 0 Å². The molecule has 1 aliphatic heterocycles. The molecular formula is C101H216N18O3S2. The monoisotopic (exact) mass is 1790 g/mol. The lowest BCUT2D eigenvalue weighted by molar-refractivity contribution is 0.420. The van der Waals surface area contributed by atoms with Crippen molar-refractivity contribution in [3.63, 3.8) is 0 Å². The maximum absolute atomic E-state index is 4.58. The second kappa shape index (κ2) is 207. The Labute approximate surface area is 783 Å². The Bertz CT molecular complexity index is 1910. The third-order valence-electron chi connectivity index (χ3n) is 4.29. The van der Waals surface area contributed by atoms with Gasteiger partial charge in [-0.25, -0.2) is 24.3 Å². The summed E-state index contributed by atoms with van der Waals surface area (Å²) in [4.78, 5) is 28.4. The standard InChI is InChI=1S/C5H12.C4H4N2.C4H4O.10C4H10.C3H3N3.3C3H4N2.2C3H3NO.2C3H3NS.C2H3N3.11C2H6/c1-5(2,3)4;1-2-4-6-5-3-1;1-2-4-5-3-1;10*1-4(2)3;1-2-5-6-3-4-1;2*1-2-5-3-4-1;1-2-4-5-3-1;1-2-5-3-4-1;1-2-4-5-3-1;1-2-5-3-4-1;1-2-4-5-3-1;1-3-2-5-4-1;11*1-2/h1-4H3;1-4H;1-4H;10*4H,1-3H3;1-3H;1-2H,3H2;2*1-3H,(H,4,5);4*1-3H;1-2H,(H,3,4,5);11*1-2H3. The molecule has 0 saturated carbocycles. The number of oxazole rings is 1. The van der Waals surface area contributed by atoms with Crippen molar-refractivity contribution < 1.29 is 13.4 Å². The average molecular weight is 1800 g/mol. The quantitative estimate of drug-likeness (QED) is 0.127. The molecule has 0 fully saturated rings. The largest absolute Gasteiger partial charge is 0.473 e. The Morgan fingerprint density at radius 3 is 0.782 bits per heavy atom. The van der Waals surface area contributed by atoms with Crippen molar-refractivity contribution in [3.05, 3.63) is 190 Å². The summed E-state index contributed by atoms with van der Waals surface area (Å²) in [5.41, 5.74) is 2.29. The third kappa shape index (κ3) is 607. The molecule has 21 nitrogen and oxygen atoms in total. The van der Waals surface area contributed by atoms with E-state index in [1.54, 1.807) is 122 Å². The Morgan fingerprint density at radius 2 is 0.694 bits per heavy atom. The van der Waals surface area contributed by atoms with Gasteiger partial charge in [0.1, 0.15) is 38.2 Å². The lowest BCUT2D eigenvalue weighted by Crippen LogP contribution is -1.93. The van der Waals surface area contributed by atoms with Gasteiger partial charge in [-0.3, -0.25) is 25.2 Å². The van der Waals surface area contributed by atoms with E-state index in [1.807, 2.05) is 199 Å². The number of H-pyrrole nitrogens is 3. The number of hydrogen-bond acceptors (Lipinski definition) is 20. The summed E-state index contributed by atoms with van der Waals surface area (Å²) in [5.74, 6) is 8.33.